The van der Waals surface area contributed by atoms with Crippen LogP contribution in [0.2, 0.25) is 5.02 Å². The zero-order valence-electron chi connectivity index (χ0n) is 13.3. The van der Waals surface area contributed by atoms with E-state index >= 15 is 0 Å². The Hall–Kier alpha value is -0.570. The van der Waals surface area contributed by atoms with Crippen LogP contribution in [0.25, 0.3) is 0 Å². The van der Waals surface area contributed by atoms with E-state index in [-0.39, 0.29) is 0 Å². The lowest BCUT2D eigenvalue weighted by Crippen LogP contribution is -2.28. The maximum Gasteiger partial charge on any atom is 0.0576 e. The number of nitrogens with one attached hydrogen (secondary N) is 1. The van der Waals surface area contributed by atoms with Crippen molar-refractivity contribution in [2.24, 2.45) is 0 Å². The van der Waals surface area contributed by atoms with Gasteiger partial charge in [0, 0.05) is 24.2 Å². The third-order valence-electron chi connectivity index (χ3n) is 4.22. The second kappa shape index (κ2) is 8.77. The Morgan fingerprint density at radius 1 is 1.29 bits per heavy atom. The number of rotatable bonds is 8. The fourth-order valence-corrected chi connectivity index (χ4v) is 3.09. The van der Waals surface area contributed by atoms with Crippen LogP contribution in [-0.2, 0) is 4.74 Å². The average Bonchev–Trinajstić information content (AvgIpc) is 2.97. The van der Waals surface area contributed by atoms with Gasteiger partial charge in [0.25, 0.3) is 0 Å². The molecule has 1 aliphatic heterocycles. The zero-order chi connectivity index (χ0) is 15.1. The minimum Gasteiger partial charge on any atom is -0.378 e. The van der Waals surface area contributed by atoms with E-state index in [0.717, 1.165) is 18.2 Å². The maximum absolute atomic E-state index is 6.00. The molecule has 1 aromatic carbocycles. The number of halogens is 1. The second-order valence-corrected chi connectivity index (χ2v) is 6.81. The molecular formula is C18H28ClNO. The van der Waals surface area contributed by atoms with E-state index in [2.05, 4.69) is 31.3 Å². The van der Waals surface area contributed by atoms with Crippen molar-refractivity contribution in [3.8, 4) is 0 Å². The fourth-order valence-electron chi connectivity index (χ4n) is 2.96. The number of hydrogen-bond donors (Lipinski definition) is 1. The molecule has 1 aromatic rings. The van der Waals surface area contributed by atoms with Gasteiger partial charge in [0.15, 0.2) is 0 Å². The van der Waals surface area contributed by atoms with Gasteiger partial charge in [0.2, 0.25) is 0 Å². The normalized spacial score (nSPS) is 20.1. The van der Waals surface area contributed by atoms with Crippen molar-refractivity contribution in [1.82, 2.24) is 5.32 Å². The topological polar surface area (TPSA) is 21.3 Å². The Morgan fingerprint density at radius 3 is 2.67 bits per heavy atom. The molecule has 0 aromatic heterocycles. The summed E-state index contributed by atoms with van der Waals surface area (Å²) in [7, 11) is 0. The molecule has 0 aliphatic carbocycles. The smallest absolute Gasteiger partial charge is 0.0576 e. The third kappa shape index (κ3) is 5.98. The molecule has 0 saturated carbocycles. The Labute approximate surface area is 134 Å². The minimum atomic E-state index is 0.508. The number of benzene rings is 1. The van der Waals surface area contributed by atoms with Crippen LogP contribution in [0.4, 0.5) is 0 Å². The fraction of sp³-hybridized carbons (Fsp3) is 0.667. The largest absolute Gasteiger partial charge is 0.378 e. The van der Waals surface area contributed by atoms with Crippen molar-refractivity contribution in [2.45, 2.75) is 64.0 Å². The summed E-state index contributed by atoms with van der Waals surface area (Å²) in [5.74, 6) is 0.561. The highest BCUT2D eigenvalue weighted by molar-refractivity contribution is 6.30. The first-order valence-corrected chi connectivity index (χ1v) is 8.63. The summed E-state index contributed by atoms with van der Waals surface area (Å²) in [4.78, 5) is 0. The Bertz CT molecular complexity index is 398. The molecule has 0 spiro atoms. The molecule has 2 rings (SSSR count). The van der Waals surface area contributed by atoms with Gasteiger partial charge in [0.05, 0.1) is 6.10 Å². The van der Waals surface area contributed by atoms with Gasteiger partial charge in [0.1, 0.15) is 0 Å². The molecule has 3 heteroatoms. The standard InChI is InChI=1S/C18H28ClNO/c1-14(2)20-13-16(15-8-10-17(19)11-9-15)5-3-6-18-7-4-12-21-18/h8-11,14,16,18,20H,3-7,12-13H2,1-2H3. The molecule has 1 N–H and O–H groups in total. The van der Waals surface area contributed by atoms with Crippen LogP contribution < -0.4 is 5.32 Å². The molecular weight excluding hydrogens is 282 g/mol. The molecule has 0 amide bonds. The summed E-state index contributed by atoms with van der Waals surface area (Å²) < 4.78 is 5.72. The van der Waals surface area contributed by atoms with E-state index < -0.39 is 0 Å². The molecule has 2 atom stereocenters. The molecule has 2 unspecified atom stereocenters. The maximum atomic E-state index is 6.00. The molecule has 118 valence electrons. The van der Waals surface area contributed by atoms with Crippen molar-refractivity contribution < 1.29 is 4.74 Å². The summed E-state index contributed by atoms with van der Waals surface area (Å²) in [5, 5.41) is 4.39. The van der Waals surface area contributed by atoms with Crippen molar-refractivity contribution >= 4 is 11.6 Å². The summed E-state index contributed by atoms with van der Waals surface area (Å²) in [6.07, 6.45) is 6.63. The first-order valence-electron chi connectivity index (χ1n) is 8.25. The van der Waals surface area contributed by atoms with Crippen LogP contribution in [-0.4, -0.2) is 25.3 Å². The highest BCUT2D eigenvalue weighted by atomic mass is 35.5. The second-order valence-electron chi connectivity index (χ2n) is 6.38. The van der Waals surface area contributed by atoms with Crippen LogP contribution in [0, 0.1) is 0 Å². The lowest BCUT2D eigenvalue weighted by molar-refractivity contribution is 0.101. The first kappa shape index (κ1) is 16.8. The van der Waals surface area contributed by atoms with E-state index in [4.69, 9.17) is 16.3 Å². The van der Waals surface area contributed by atoms with Crippen LogP contribution in [0.15, 0.2) is 24.3 Å². The Morgan fingerprint density at radius 2 is 2.05 bits per heavy atom. The summed E-state index contributed by atoms with van der Waals surface area (Å²) in [6.45, 7) is 6.39. The molecule has 21 heavy (non-hydrogen) atoms. The van der Waals surface area contributed by atoms with Crippen molar-refractivity contribution in [3.63, 3.8) is 0 Å². The van der Waals surface area contributed by atoms with Crippen LogP contribution in [0.3, 0.4) is 0 Å². The Kier molecular flexibility index (Phi) is 7.01. The first-order chi connectivity index (χ1) is 10.1. The van der Waals surface area contributed by atoms with Crippen molar-refractivity contribution in [2.75, 3.05) is 13.2 Å². The van der Waals surface area contributed by atoms with Gasteiger partial charge in [-0.3, -0.25) is 0 Å². The summed E-state index contributed by atoms with van der Waals surface area (Å²) >= 11 is 6.00. The van der Waals surface area contributed by atoms with Crippen molar-refractivity contribution in [3.05, 3.63) is 34.9 Å². The molecule has 1 saturated heterocycles. The quantitative estimate of drug-likeness (QED) is 0.747. The summed E-state index contributed by atoms with van der Waals surface area (Å²) in [6, 6.07) is 8.86. The average molecular weight is 310 g/mol. The molecule has 0 bridgehead atoms. The highest BCUT2D eigenvalue weighted by Gasteiger charge is 2.17. The molecule has 2 nitrogen and oxygen atoms in total. The monoisotopic (exact) mass is 309 g/mol. The van der Waals surface area contributed by atoms with Crippen molar-refractivity contribution in [1.29, 1.82) is 0 Å². The van der Waals surface area contributed by atoms with Gasteiger partial charge >= 0.3 is 0 Å². The Balaban J connectivity index is 1.86. The molecule has 1 heterocycles. The SMILES string of the molecule is CC(C)NCC(CCCC1CCCO1)c1ccc(Cl)cc1. The number of hydrogen-bond acceptors (Lipinski definition) is 2. The lowest BCUT2D eigenvalue weighted by atomic mass is 9.92. The van der Waals surface area contributed by atoms with Gasteiger partial charge in [-0.1, -0.05) is 44.0 Å². The zero-order valence-corrected chi connectivity index (χ0v) is 14.0. The lowest BCUT2D eigenvalue weighted by Gasteiger charge is -2.20. The summed E-state index contributed by atoms with van der Waals surface area (Å²) in [5.41, 5.74) is 1.39. The number of ether oxygens (including phenoxy) is 1. The van der Waals surface area contributed by atoms with Gasteiger partial charge in [-0.05, 0) is 49.3 Å². The van der Waals surface area contributed by atoms with Gasteiger partial charge in [-0.2, -0.15) is 0 Å². The van der Waals surface area contributed by atoms with E-state index in [1.807, 2.05) is 12.1 Å². The van der Waals surface area contributed by atoms with E-state index in [1.165, 1.54) is 37.7 Å². The van der Waals surface area contributed by atoms with Crippen LogP contribution in [0.5, 0.6) is 0 Å². The predicted molar refractivity (Wildman–Crippen MR) is 90.2 cm³/mol. The highest BCUT2D eigenvalue weighted by Crippen LogP contribution is 2.25. The minimum absolute atomic E-state index is 0.508. The van der Waals surface area contributed by atoms with E-state index in [0.29, 0.717) is 18.1 Å². The van der Waals surface area contributed by atoms with E-state index in [1.54, 1.807) is 0 Å². The third-order valence-corrected chi connectivity index (χ3v) is 4.47. The van der Waals surface area contributed by atoms with Gasteiger partial charge in [-0.25, -0.2) is 0 Å². The molecule has 1 fully saturated rings. The molecule has 1 aliphatic rings. The predicted octanol–water partition coefficient (Wildman–Crippen LogP) is 4.77. The van der Waals surface area contributed by atoms with E-state index in [9.17, 15) is 0 Å². The van der Waals surface area contributed by atoms with Gasteiger partial charge in [-0.15, -0.1) is 0 Å². The molecule has 0 radical (unpaired) electrons. The van der Waals surface area contributed by atoms with Crippen LogP contribution >= 0.6 is 11.6 Å². The van der Waals surface area contributed by atoms with Crippen LogP contribution in [0.1, 0.15) is 57.4 Å². The van der Waals surface area contributed by atoms with Gasteiger partial charge < -0.3 is 10.1 Å².